The third-order valence-electron chi connectivity index (χ3n) is 5.38. The molecule has 0 atom stereocenters. The molecule has 0 bridgehead atoms. The van der Waals surface area contributed by atoms with Crippen LogP contribution in [0.1, 0.15) is 31.8 Å². The molecular formula is C30H24O4. The number of rotatable bonds is 7. The molecule has 0 unspecified atom stereocenters. The van der Waals surface area contributed by atoms with Gasteiger partial charge in [0.2, 0.25) is 0 Å². The van der Waals surface area contributed by atoms with Gasteiger partial charge in [-0.2, -0.15) is 0 Å². The summed E-state index contributed by atoms with van der Waals surface area (Å²) in [5.41, 5.74) is 5.04. The van der Waals surface area contributed by atoms with E-state index in [0.29, 0.717) is 22.6 Å². The van der Waals surface area contributed by atoms with Crippen LogP contribution in [0.25, 0.3) is 17.2 Å². The fourth-order valence-electron chi connectivity index (χ4n) is 3.45. The Kier molecular flexibility index (Phi) is 6.99. The molecule has 0 amide bonds. The van der Waals surface area contributed by atoms with Crippen LogP contribution in [0.4, 0.5) is 0 Å². The van der Waals surface area contributed by atoms with Crippen molar-refractivity contribution in [1.82, 2.24) is 0 Å². The standard InChI is InChI=1S/C30H24O4/c1-21-8-12-26(13-9-21)30(32)34-28-19-11-22(20-29(28)33-2)10-18-27(31)25-16-14-24(15-17-25)23-6-4-3-5-7-23/h3-20H,1-2H3. The van der Waals surface area contributed by atoms with E-state index in [1.54, 1.807) is 36.4 Å². The van der Waals surface area contributed by atoms with E-state index in [4.69, 9.17) is 9.47 Å². The first-order valence-electron chi connectivity index (χ1n) is 10.9. The molecule has 4 nitrogen and oxygen atoms in total. The molecule has 4 aromatic carbocycles. The summed E-state index contributed by atoms with van der Waals surface area (Å²) >= 11 is 0. The summed E-state index contributed by atoms with van der Waals surface area (Å²) < 4.78 is 10.9. The summed E-state index contributed by atoms with van der Waals surface area (Å²) in [6.07, 6.45) is 3.23. The Bertz CT molecular complexity index is 1320. The third-order valence-corrected chi connectivity index (χ3v) is 5.38. The fourth-order valence-corrected chi connectivity index (χ4v) is 3.45. The molecule has 0 aromatic heterocycles. The van der Waals surface area contributed by atoms with E-state index >= 15 is 0 Å². The Morgan fingerprint density at radius 1 is 0.706 bits per heavy atom. The molecule has 168 valence electrons. The lowest BCUT2D eigenvalue weighted by Gasteiger charge is -2.10. The fraction of sp³-hybridized carbons (Fsp3) is 0.0667. The molecule has 0 heterocycles. The number of benzene rings is 4. The molecule has 0 fully saturated rings. The van der Waals surface area contributed by atoms with Crippen LogP contribution >= 0.6 is 0 Å². The lowest BCUT2D eigenvalue weighted by Crippen LogP contribution is -2.09. The molecular weight excluding hydrogens is 424 g/mol. The van der Waals surface area contributed by atoms with Crippen molar-refractivity contribution in [1.29, 1.82) is 0 Å². The summed E-state index contributed by atoms with van der Waals surface area (Å²) in [6, 6.07) is 29.8. The highest BCUT2D eigenvalue weighted by molar-refractivity contribution is 6.07. The highest BCUT2D eigenvalue weighted by Crippen LogP contribution is 2.29. The maximum atomic E-state index is 12.6. The van der Waals surface area contributed by atoms with Gasteiger partial charge < -0.3 is 9.47 Å². The van der Waals surface area contributed by atoms with Crippen molar-refractivity contribution >= 4 is 17.8 Å². The van der Waals surface area contributed by atoms with Gasteiger partial charge in [-0.1, -0.05) is 84.4 Å². The molecule has 4 heteroatoms. The molecule has 0 aliphatic rings. The number of ether oxygens (including phenoxy) is 2. The van der Waals surface area contributed by atoms with Gasteiger partial charge >= 0.3 is 5.97 Å². The Labute approximate surface area is 199 Å². The lowest BCUT2D eigenvalue weighted by atomic mass is 10.0. The Morgan fingerprint density at radius 2 is 1.35 bits per heavy atom. The van der Waals surface area contributed by atoms with E-state index in [1.165, 1.54) is 13.2 Å². The van der Waals surface area contributed by atoms with Crippen molar-refractivity contribution in [2.24, 2.45) is 0 Å². The van der Waals surface area contributed by atoms with Crippen LogP contribution in [0.5, 0.6) is 11.5 Å². The minimum absolute atomic E-state index is 0.103. The van der Waals surface area contributed by atoms with Gasteiger partial charge in [-0.05, 0) is 54.0 Å². The molecule has 34 heavy (non-hydrogen) atoms. The maximum absolute atomic E-state index is 12.6. The van der Waals surface area contributed by atoms with E-state index in [9.17, 15) is 9.59 Å². The van der Waals surface area contributed by atoms with Crippen LogP contribution in [0.2, 0.25) is 0 Å². The average Bonchev–Trinajstić information content (AvgIpc) is 2.88. The molecule has 0 saturated carbocycles. The number of allylic oxidation sites excluding steroid dienone is 1. The highest BCUT2D eigenvalue weighted by Gasteiger charge is 2.13. The van der Waals surface area contributed by atoms with Crippen molar-refractivity contribution in [2.45, 2.75) is 6.92 Å². The number of hydrogen-bond acceptors (Lipinski definition) is 4. The van der Waals surface area contributed by atoms with Crippen LogP contribution < -0.4 is 9.47 Å². The van der Waals surface area contributed by atoms with Crippen molar-refractivity contribution in [2.75, 3.05) is 7.11 Å². The zero-order valence-corrected chi connectivity index (χ0v) is 19.0. The number of carbonyl (C=O) groups is 2. The zero-order valence-electron chi connectivity index (χ0n) is 19.0. The molecule has 0 saturated heterocycles. The van der Waals surface area contributed by atoms with Crippen LogP contribution in [0.15, 0.2) is 103 Å². The third kappa shape index (κ3) is 5.48. The molecule has 0 spiro atoms. The van der Waals surface area contributed by atoms with E-state index in [-0.39, 0.29) is 5.78 Å². The molecule has 0 N–H and O–H groups in total. The maximum Gasteiger partial charge on any atom is 0.343 e. The van der Waals surface area contributed by atoms with Gasteiger partial charge in [-0.25, -0.2) is 4.79 Å². The molecule has 4 aromatic rings. The van der Waals surface area contributed by atoms with E-state index < -0.39 is 5.97 Å². The summed E-state index contributed by atoms with van der Waals surface area (Å²) in [5, 5.41) is 0. The van der Waals surface area contributed by atoms with Gasteiger partial charge in [-0.3, -0.25) is 4.79 Å². The van der Waals surface area contributed by atoms with Crippen molar-refractivity contribution < 1.29 is 19.1 Å². The second kappa shape index (κ2) is 10.5. The largest absolute Gasteiger partial charge is 0.493 e. The highest BCUT2D eigenvalue weighted by atomic mass is 16.6. The molecule has 0 radical (unpaired) electrons. The number of aryl methyl sites for hydroxylation is 1. The Hall–Kier alpha value is -4.44. The first-order chi connectivity index (χ1) is 16.5. The summed E-state index contributed by atoms with van der Waals surface area (Å²) in [5.74, 6) is 0.152. The van der Waals surface area contributed by atoms with Crippen molar-refractivity contribution in [3.63, 3.8) is 0 Å². The second-order valence-corrected chi connectivity index (χ2v) is 7.81. The van der Waals surface area contributed by atoms with Crippen LogP contribution in [0, 0.1) is 6.92 Å². The van der Waals surface area contributed by atoms with Gasteiger partial charge in [0.05, 0.1) is 12.7 Å². The first-order valence-corrected chi connectivity index (χ1v) is 10.9. The Morgan fingerprint density at radius 3 is 2.03 bits per heavy atom. The van der Waals surface area contributed by atoms with Crippen LogP contribution in [-0.4, -0.2) is 18.9 Å². The number of carbonyl (C=O) groups excluding carboxylic acids is 2. The van der Waals surface area contributed by atoms with E-state index in [2.05, 4.69) is 0 Å². The predicted octanol–water partition coefficient (Wildman–Crippen LogP) is 6.79. The molecule has 0 aliphatic carbocycles. The van der Waals surface area contributed by atoms with Gasteiger partial charge in [0.25, 0.3) is 0 Å². The van der Waals surface area contributed by atoms with Gasteiger partial charge in [0, 0.05) is 5.56 Å². The summed E-state index contributed by atoms with van der Waals surface area (Å²) in [7, 11) is 1.51. The van der Waals surface area contributed by atoms with E-state index in [1.807, 2.05) is 73.7 Å². The average molecular weight is 449 g/mol. The number of ketones is 1. The number of esters is 1. The van der Waals surface area contributed by atoms with E-state index in [0.717, 1.165) is 22.3 Å². The first kappa shape index (κ1) is 22.7. The summed E-state index contributed by atoms with van der Waals surface area (Å²) in [6.45, 7) is 1.95. The van der Waals surface area contributed by atoms with Gasteiger partial charge in [0.15, 0.2) is 17.3 Å². The minimum atomic E-state index is -0.462. The van der Waals surface area contributed by atoms with Crippen molar-refractivity contribution in [3.8, 4) is 22.6 Å². The van der Waals surface area contributed by atoms with Crippen molar-refractivity contribution in [3.05, 3.63) is 125 Å². The number of hydrogen-bond donors (Lipinski definition) is 0. The monoisotopic (exact) mass is 448 g/mol. The molecule has 0 aliphatic heterocycles. The Balaban J connectivity index is 1.45. The molecule has 4 rings (SSSR count). The quantitative estimate of drug-likeness (QED) is 0.135. The van der Waals surface area contributed by atoms with Crippen LogP contribution in [0.3, 0.4) is 0 Å². The van der Waals surface area contributed by atoms with Gasteiger partial charge in [0.1, 0.15) is 0 Å². The topological polar surface area (TPSA) is 52.6 Å². The smallest absolute Gasteiger partial charge is 0.343 e. The second-order valence-electron chi connectivity index (χ2n) is 7.81. The predicted molar refractivity (Wildman–Crippen MR) is 134 cm³/mol. The number of methoxy groups -OCH3 is 1. The SMILES string of the molecule is COc1cc(C=CC(=O)c2ccc(-c3ccccc3)cc2)ccc1OC(=O)c1ccc(C)cc1. The normalized spacial score (nSPS) is 10.8. The summed E-state index contributed by atoms with van der Waals surface area (Å²) in [4.78, 5) is 25.1. The lowest BCUT2D eigenvalue weighted by molar-refractivity contribution is 0.0729. The van der Waals surface area contributed by atoms with Crippen LogP contribution in [-0.2, 0) is 0 Å². The minimum Gasteiger partial charge on any atom is -0.493 e. The van der Waals surface area contributed by atoms with Gasteiger partial charge in [-0.15, -0.1) is 0 Å². The zero-order chi connectivity index (χ0) is 23.9.